The Labute approximate surface area is 89.4 Å². The highest BCUT2D eigenvalue weighted by Gasteiger charge is 2.18. The molecule has 0 unspecified atom stereocenters. The number of para-hydroxylation sites is 1. The van der Waals surface area contributed by atoms with Crippen LogP contribution in [0.3, 0.4) is 0 Å². The van der Waals surface area contributed by atoms with Gasteiger partial charge in [0.05, 0.1) is 11.0 Å². The molecule has 0 aliphatic heterocycles. The summed E-state index contributed by atoms with van der Waals surface area (Å²) in [6, 6.07) is 6.50. The molecule has 0 heterocycles. The molecule has 0 aliphatic rings. The fourth-order valence-electron chi connectivity index (χ4n) is 1.10. The molecular weight excluding hydrogens is 216 g/mol. The third-order valence-corrected chi connectivity index (χ3v) is 4.30. The van der Waals surface area contributed by atoms with Crippen LogP contribution >= 0.6 is 0 Å². The maximum atomic E-state index is 11.6. The Kier molecular flexibility index (Phi) is 3.71. The minimum Gasteiger partial charge on any atom is -0.340 e. The van der Waals surface area contributed by atoms with Crippen molar-refractivity contribution in [3.05, 3.63) is 29.8 Å². The van der Waals surface area contributed by atoms with Gasteiger partial charge in [-0.25, -0.2) is 13.7 Å². The molecule has 0 aliphatic carbocycles. The highest BCUT2D eigenvalue weighted by Crippen LogP contribution is 2.21. The van der Waals surface area contributed by atoms with Crippen LogP contribution in [0.1, 0.15) is 19.4 Å². The van der Waals surface area contributed by atoms with Crippen molar-refractivity contribution >= 4 is 9.84 Å². The van der Waals surface area contributed by atoms with Gasteiger partial charge in [0.25, 0.3) is 0 Å². The van der Waals surface area contributed by atoms with E-state index in [-0.39, 0.29) is 11.5 Å². The minimum atomic E-state index is -3.17. The number of benzene rings is 1. The van der Waals surface area contributed by atoms with Crippen molar-refractivity contribution in [2.45, 2.75) is 24.9 Å². The Balaban J connectivity index is 3.00. The van der Waals surface area contributed by atoms with E-state index in [0.29, 0.717) is 5.56 Å². The Morgan fingerprint density at radius 1 is 1.33 bits per heavy atom. The summed E-state index contributed by atoms with van der Waals surface area (Å²) in [7, 11) is -3.17. The average molecular weight is 230 g/mol. The number of rotatable bonds is 4. The van der Waals surface area contributed by atoms with E-state index >= 15 is 0 Å². The van der Waals surface area contributed by atoms with E-state index in [9.17, 15) is 8.42 Å². The quantitative estimate of drug-likeness (QED) is 0.633. The second kappa shape index (κ2) is 4.63. The Bertz CT molecular complexity index is 423. The normalized spacial score (nSPS) is 11.7. The van der Waals surface area contributed by atoms with Crippen LogP contribution in [0.25, 0.3) is 0 Å². The lowest BCUT2D eigenvalue weighted by Crippen LogP contribution is -2.16. The lowest BCUT2D eigenvalue weighted by atomic mass is 10.2. The molecule has 0 aromatic heterocycles. The van der Waals surface area contributed by atoms with Gasteiger partial charge in [0.2, 0.25) is 0 Å². The second-order valence-electron chi connectivity index (χ2n) is 3.55. The lowest BCUT2D eigenvalue weighted by Gasteiger charge is -2.09. The van der Waals surface area contributed by atoms with E-state index in [1.54, 1.807) is 32.0 Å². The van der Waals surface area contributed by atoms with E-state index in [1.165, 1.54) is 6.07 Å². The van der Waals surface area contributed by atoms with Gasteiger partial charge in [-0.15, -0.1) is 0 Å². The molecule has 1 aromatic rings. The predicted molar refractivity (Wildman–Crippen MR) is 57.5 cm³/mol. The van der Waals surface area contributed by atoms with Gasteiger partial charge in [-0.2, -0.15) is 0 Å². The zero-order valence-electron chi connectivity index (χ0n) is 8.67. The Morgan fingerprint density at radius 3 is 2.47 bits per heavy atom. The number of sulfone groups is 1. The number of hydrogen-bond acceptors (Lipinski definition) is 4. The highest BCUT2D eigenvalue weighted by atomic mass is 32.2. The van der Waals surface area contributed by atoms with Crippen LogP contribution in [0, 0.1) is 0 Å². The van der Waals surface area contributed by atoms with Gasteiger partial charge in [-0.05, 0) is 19.9 Å². The summed E-state index contributed by atoms with van der Waals surface area (Å²) < 4.78 is 23.3. The zero-order chi connectivity index (χ0) is 11.5. The Morgan fingerprint density at radius 2 is 1.93 bits per heavy atom. The molecule has 1 aromatic carbocycles. The first kappa shape index (κ1) is 12.0. The Hall–Kier alpha value is -1.07. The molecule has 0 radical (unpaired) electrons. The molecule has 0 fully saturated rings. The molecule has 0 saturated heterocycles. The molecule has 0 amide bonds. The van der Waals surface area contributed by atoms with Crippen LogP contribution in [-0.4, -0.2) is 18.9 Å². The summed E-state index contributed by atoms with van der Waals surface area (Å²) in [5.74, 6) is 0.0585. The maximum Gasteiger partial charge on any atom is 0.169 e. The van der Waals surface area contributed by atoms with Gasteiger partial charge >= 0.3 is 0 Å². The summed E-state index contributed by atoms with van der Waals surface area (Å²) in [6.45, 7) is 3.25. The molecular formula is C10H14O4S. The van der Waals surface area contributed by atoms with E-state index in [0.717, 1.165) is 0 Å². The van der Waals surface area contributed by atoms with Crippen molar-refractivity contribution in [3.8, 4) is 5.75 Å². The van der Waals surface area contributed by atoms with Crippen molar-refractivity contribution < 1.29 is 18.6 Å². The molecule has 1 rings (SSSR count). The smallest absolute Gasteiger partial charge is 0.169 e. The molecule has 1 N–H and O–H groups in total. The summed E-state index contributed by atoms with van der Waals surface area (Å²) in [4.78, 5) is 4.11. The summed E-state index contributed by atoms with van der Waals surface area (Å²) >= 11 is 0. The highest BCUT2D eigenvalue weighted by molar-refractivity contribution is 7.91. The summed E-state index contributed by atoms with van der Waals surface area (Å²) in [5.41, 5.74) is 0.466. The molecule has 5 heteroatoms. The van der Waals surface area contributed by atoms with E-state index in [2.05, 4.69) is 4.89 Å². The largest absolute Gasteiger partial charge is 0.340 e. The summed E-state index contributed by atoms with van der Waals surface area (Å²) in [6.07, 6.45) is 0. The molecule has 0 saturated carbocycles. The van der Waals surface area contributed by atoms with Crippen molar-refractivity contribution in [2.24, 2.45) is 0 Å². The van der Waals surface area contributed by atoms with Crippen LogP contribution < -0.4 is 4.89 Å². The van der Waals surface area contributed by atoms with E-state index < -0.39 is 15.1 Å². The van der Waals surface area contributed by atoms with Crippen LogP contribution in [0.2, 0.25) is 0 Å². The number of hydrogen-bond donors (Lipinski definition) is 1. The minimum absolute atomic E-state index is 0.124. The lowest BCUT2D eigenvalue weighted by molar-refractivity contribution is -0.138. The average Bonchev–Trinajstić information content (AvgIpc) is 2.18. The van der Waals surface area contributed by atoms with Crippen molar-refractivity contribution in [1.82, 2.24) is 0 Å². The van der Waals surface area contributed by atoms with Gasteiger partial charge in [0.1, 0.15) is 0 Å². The standard InChI is InChI=1S/C10H14O4S/c1-8(2)15(12,13)7-9-5-3-4-6-10(9)14-11/h3-6,8,11H,7H2,1-2H3. The monoisotopic (exact) mass is 230 g/mol. The van der Waals surface area contributed by atoms with Gasteiger partial charge in [0.15, 0.2) is 15.6 Å². The first-order valence-corrected chi connectivity index (χ1v) is 6.30. The first-order valence-electron chi connectivity index (χ1n) is 4.58. The van der Waals surface area contributed by atoms with Crippen molar-refractivity contribution in [1.29, 1.82) is 0 Å². The fraction of sp³-hybridized carbons (Fsp3) is 0.400. The van der Waals surface area contributed by atoms with E-state index in [4.69, 9.17) is 5.26 Å². The third-order valence-electron chi connectivity index (χ3n) is 2.15. The SMILES string of the molecule is CC(C)S(=O)(=O)Cc1ccccc1OO. The van der Waals surface area contributed by atoms with Crippen molar-refractivity contribution in [3.63, 3.8) is 0 Å². The molecule has 0 bridgehead atoms. The maximum absolute atomic E-state index is 11.6. The van der Waals surface area contributed by atoms with E-state index in [1.807, 2.05) is 0 Å². The van der Waals surface area contributed by atoms with Crippen LogP contribution in [0.4, 0.5) is 0 Å². The van der Waals surface area contributed by atoms with Crippen LogP contribution in [0.15, 0.2) is 24.3 Å². The van der Waals surface area contributed by atoms with Gasteiger partial charge < -0.3 is 4.89 Å². The van der Waals surface area contributed by atoms with Gasteiger partial charge in [0, 0.05) is 5.56 Å². The fourth-order valence-corrected chi connectivity index (χ4v) is 2.10. The summed E-state index contributed by atoms with van der Waals surface area (Å²) in [5, 5.41) is 8.12. The predicted octanol–water partition coefficient (Wildman–Crippen LogP) is 1.86. The molecule has 15 heavy (non-hydrogen) atoms. The van der Waals surface area contributed by atoms with Crippen molar-refractivity contribution in [2.75, 3.05) is 0 Å². The molecule has 84 valence electrons. The van der Waals surface area contributed by atoms with Crippen LogP contribution in [-0.2, 0) is 15.6 Å². The topological polar surface area (TPSA) is 63.6 Å². The second-order valence-corrected chi connectivity index (χ2v) is 6.11. The van der Waals surface area contributed by atoms with Gasteiger partial charge in [-0.3, -0.25) is 0 Å². The van der Waals surface area contributed by atoms with Gasteiger partial charge in [-0.1, -0.05) is 18.2 Å². The zero-order valence-corrected chi connectivity index (χ0v) is 9.49. The van der Waals surface area contributed by atoms with Crippen LogP contribution in [0.5, 0.6) is 5.75 Å². The molecule has 0 spiro atoms. The molecule has 0 atom stereocenters. The first-order chi connectivity index (χ1) is 6.97. The molecule has 4 nitrogen and oxygen atoms in total. The third kappa shape index (κ3) is 2.94.